The molecule has 0 aromatic rings. The predicted molar refractivity (Wildman–Crippen MR) is 71.3 cm³/mol. The number of methoxy groups -OCH3 is 1. The van der Waals surface area contributed by atoms with E-state index in [9.17, 15) is 9.90 Å². The first-order chi connectivity index (χ1) is 8.60. The number of rotatable bonds is 10. The topological polar surface area (TPSA) is 55.8 Å². The number of unbranched alkanes of at least 4 members (excludes halogenated alkanes) is 1. The standard InChI is InChI=1S/C14H26O4/c1-4-5-9-18-11-12(2)10-13(15)7-6-8-14(16)17-3/h6,8,12-13,15H,4-5,7,9-11H2,1-3H3/b8-6+/t12-,13-/m1/s1. The van der Waals surface area contributed by atoms with Gasteiger partial charge in [0.1, 0.15) is 0 Å². The van der Waals surface area contributed by atoms with E-state index in [1.165, 1.54) is 13.2 Å². The van der Waals surface area contributed by atoms with E-state index in [1.54, 1.807) is 6.08 Å². The van der Waals surface area contributed by atoms with Gasteiger partial charge in [-0.15, -0.1) is 0 Å². The molecule has 0 amide bonds. The molecule has 1 N–H and O–H groups in total. The maximum atomic E-state index is 10.8. The Kier molecular flexibility index (Phi) is 10.7. The first kappa shape index (κ1) is 17.1. The predicted octanol–water partition coefficient (Wildman–Crippen LogP) is 2.31. The third-order valence-corrected chi connectivity index (χ3v) is 2.58. The molecule has 106 valence electrons. The SMILES string of the molecule is CCCCOC[C@H](C)C[C@H](O)C/C=C/C(=O)OC. The van der Waals surface area contributed by atoms with E-state index in [0.717, 1.165) is 19.4 Å². The lowest BCUT2D eigenvalue weighted by Crippen LogP contribution is -2.15. The highest BCUT2D eigenvalue weighted by Gasteiger charge is 2.09. The molecule has 0 saturated heterocycles. The van der Waals surface area contributed by atoms with Crippen LogP contribution in [0.1, 0.15) is 39.5 Å². The van der Waals surface area contributed by atoms with E-state index in [-0.39, 0.29) is 0 Å². The quantitative estimate of drug-likeness (QED) is 0.371. The summed E-state index contributed by atoms with van der Waals surface area (Å²) in [6.07, 6.45) is 5.90. The van der Waals surface area contributed by atoms with Gasteiger partial charge in [-0.3, -0.25) is 0 Å². The van der Waals surface area contributed by atoms with E-state index in [1.807, 2.05) is 0 Å². The Morgan fingerprint density at radius 2 is 2.17 bits per heavy atom. The molecule has 0 aliphatic carbocycles. The summed E-state index contributed by atoms with van der Waals surface area (Å²) in [6, 6.07) is 0. The van der Waals surface area contributed by atoms with E-state index < -0.39 is 12.1 Å². The smallest absolute Gasteiger partial charge is 0.330 e. The number of aliphatic hydroxyl groups is 1. The fourth-order valence-corrected chi connectivity index (χ4v) is 1.55. The van der Waals surface area contributed by atoms with Gasteiger partial charge in [0.25, 0.3) is 0 Å². The highest BCUT2D eigenvalue weighted by Crippen LogP contribution is 2.10. The Balaban J connectivity index is 3.63. The molecule has 0 rings (SSSR count). The van der Waals surface area contributed by atoms with Crippen molar-refractivity contribution in [2.75, 3.05) is 20.3 Å². The summed E-state index contributed by atoms with van der Waals surface area (Å²) < 4.78 is 9.96. The van der Waals surface area contributed by atoms with Gasteiger partial charge in [0.2, 0.25) is 0 Å². The summed E-state index contributed by atoms with van der Waals surface area (Å²) in [6.45, 7) is 5.65. The maximum absolute atomic E-state index is 10.8. The van der Waals surface area contributed by atoms with Crippen molar-refractivity contribution in [3.63, 3.8) is 0 Å². The minimum Gasteiger partial charge on any atom is -0.466 e. The van der Waals surface area contributed by atoms with Crippen LogP contribution in [0.15, 0.2) is 12.2 Å². The summed E-state index contributed by atoms with van der Waals surface area (Å²) in [7, 11) is 1.33. The second kappa shape index (κ2) is 11.2. The molecule has 0 bridgehead atoms. The van der Waals surface area contributed by atoms with Gasteiger partial charge < -0.3 is 14.6 Å². The molecule has 0 unspecified atom stereocenters. The van der Waals surface area contributed by atoms with Crippen LogP contribution in [0.5, 0.6) is 0 Å². The lowest BCUT2D eigenvalue weighted by molar-refractivity contribution is -0.134. The fraction of sp³-hybridized carbons (Fsp3) is 0.786. The van der Waals surface area contributed by atoms with Crippen molar-refractivity contribution in [3.8, 4) is 0 Å². The zero-order chi connectivity index (χ0) is 13.8. The molecule has 0 aliphatic heterocycles. The van der Waals surface area contributed by atoms with E-state index >= 15 is 0 Å². The first-order valence-electron chi connectivity index (χ1n) is 6.60. The van der Waals surface area contributed by atoms with Crippen LogP contribution in [0, 0.1) is 5.92 Å². The average molecular weight is 258 g/mol. The van der Waals surface area contributed by atoms with Gasteiger partial charge in [-0.1, -0.05) is 26.3 Å². The van der Waals surface area contributed by atoms with Crippen molar-refractivity contribution < 1.29 is 19.4 Å². The normalized spacial score (nSPS) is 14.7. The molecule has 0 aromatic carbocycles. The lowest BCUT2D eigenvalue weighted by atomic mass is 10.0. The number of ether oxygens (including phenoxy) is 2. The number of carbonyl (C=O) groups excluding carboxylic acids is 1. The minimum atomic E-state index is -0.435. The van der Waals surface area contributed by atoms with Crippen LogP contribution in [0.2, 0.25) is 0 Å². The van der Waals surface area contributed by atoms with Crippen molar-refractivity contribution in [1.29, 1.82) is 0 Å². The Hall–Kier alpha value is -0.870. The fourth-order valence-electron chi connectivity index (χ4n) is 1.55. The van der Waals surface area contributed by atoms with Crippen molar-refractivity contribution >= 4 is 5.97 Å². The number of carbonyl (C=O) groups is 1. The van der Waals surface area contributed by atoms with Gasteiger partial charge >= 0.3 is 5.97 Å². The molecule has 0 spiro atoms. The van der Waals surface area contributed by atoms with Gasteiger partial charge in [0.15, 0.2) is 0 Å². The van der Waals surface area contributed by atoms with Crippen molar-refractivity contribution in [1.82, 2.24) is 0 Å². The van der Waals surface area contributed by atoms with Crippen LogP contribution in [0.25, 0.3) is 0 Å². The molecule has 0 aliphatic rings. The van der Waals surface area contributed by atoms with E-state index in [2.05, 4.69) is 18.6 Å². The molecular weight excluding hydrogens is 232 g/mol. The average Bonchev–Trinajstić information content (AvgIpc) is 2.34. The number of hydrogen-bond donors (Lipinski definition) is 1. The second-order valence-electron chi connectivity index (χ2n) is 4.58. The molecule has 0 saturated carbocycles. The zero-order valence-corrected chi connectivity index (χ0v) is 11.7. The largest absolute Gasteiger partial charge is 0.466 e. The highest BCUT2D eigenvalue weighted by atomic mass is 16.5. The van der Waals surface area contributed by atoms with Crippen LogP contribution < -0.4 is 0 Å². The monoisotopic (exact) mass is 258 g/mol. The molecular formula is C14H26O4. The first-order valence-corrected chi connectivity index (χ1v) is 6.60. The molecule has 18 heavy (non-hydrogen) atoms. The lowest BCUT2D eigenvalue weighted by Gasteiger charge is -2.15. The summed E-state index contributed by atoms with van der Waals surface area (Å²) in [5, 5.41) is 9.75. The van der Waals surface area contributed by atoms with Gasteiger partial charge in [-0.25, -0.2) is 4.79 Å². The molecule has 2 atom stereocenters. The second-order valence-corrected chi connectivity index (χ2v) is 4.58. The van der Waals surface area contributed by atoms with Gasteiger partial charge in [0.05, 0.1) is 13.2 Å². The highest BCUT2D eigenvalue weighted by molar-refractivity contribution is 5.81. The molecule has 0 heterocycles. The van der Waals surface area contributed by atoms with Crippen LogP contribution in [0.3, 0.4) is 0 Å². The third kappa shape index (κ3) is 10.3. The maximum Gasteiger partial charge on any atom is 0.330 e. The number of aliphatic hydroxyl groups excluding tert-OH is 1. The molecule has 0 aromatic heterocycles. The van der Waals surface area contributed by atoms with Crippen molar-refractivity contribution in [2.45, 2.75) is 45.6 Å². The third-order valence-electron chi connectivity index (χ3n) is 2.58. The Bertz CT molecular complexity index is 238. The van der Waals surface area contributed by atoms with Crippen molar-refractivity contribution in [3.05, 3.63) is 12.2 Å². The van der Waals surface area contributed by atoms with Gasteiger partial charge in [-0.05, 0) is 25.2 Å². The Labute approximate surface area is 110 Å². The zero-order valence-electron chi connectivity index (χ0n) is 11.7. The molecule has 4 heteroatoms. The van der Waals surface area contributed by atoms with E-state index in [4.69, 9.17) is 4.74 Å². The summed E-state index contributed by atoms with van der Waals surface area (Å²) in [5.74, 6) is -0.0680. The Morgan fingerprint density at radius 3 is 2.78 bits per heavy atom. The van der Waals surface area contributed by atoms with Crippen LogP contribution in [-0.2, 0) is 14.3 Å². The number of esters is 1. The summed E-state index contributed by atoms with van der Waals surface area (Å²) in [5.41, 5.74) is 0. The van der Waals surface area contributed by atoms with Gasteiger partial charge in [-0.2, -0.15) is 0 Å². The van der Waals surface area contributed by atoms with Crippen molar-refractivity contribution in [2.24, 2.45) is 5.92 Å². The molecule has 0 radical (unpaired) electrons. The number of hydrogen-bond acceptors (Lipinski definition) is 4. The van der Waals surface area contributed by atoms with Crippen LogP contribution >= 0.6 is 0 Å². The molecule has 4 nitrogen and oxygen atoms in total. The summed E-state index contributed by atoms with van der Waals surface area (Å²) in [4.78, 5) is 10.8. The van der Waals surface area contributed by atoms with Gasteiger partial charge in [0, 0.05) is 19.3 Å². The Morgan fingerprint density at radius 1 is 1.44 bits per heavy atom. The summed E-state index contributed by atoms with van der Waals surface area (Å²) >= 11 is 0. The minimum absolute atomic E-state index is 0.323. The van der Waals surface area contributed by atoms with Crippen LogP contribution in [-0.4, -0.2) is 37.5 Å². The van der Waals surface area contributed by atoms with E-state index in [0.29, 0.717) is 25.4 Å². The van der Waals surface area contributed by atoms with Crippen LogP contribution in [0.4, 0.5) is 0 Å². The molecule has 0 fully saturated rings.